The van der Waals surface area contributed by atoms with E-state index >= 15 is 0 Å². The van der Waals surface area contributed by atoms with Crippen LogP contribution in [-0.2, 0) is 6.42 Å². The summed E-state index contributed by atoms with van der Waals surface area (Å²) in [7, 11) is 1.62. The fraction of sp³-hybridized carbons (Fsp3) is 0.294. The van der Waals surface area contributed by atoms with Gasteiger partial charge in [0.15, 0.2) is 0 Å². The van der Waals surface area contributed by atoms with Gasteiger partial charge in [0.2, 0.25) is 0 Å². The normalized spacial score (nSPS) is 12.3. The molecule has 2 N–H and O–H groups in total. The molecule has 0 heterocycles. The molecule has 0 aliphatic carbocycles. The molecule has 0 radical (unpaired) electrons. The van der Waals surface area contributed by atoms with E-state index < -0.39 is 5.82 Å². The Labute approximate surface area is 129 Å². The van der Waals surface area contributed by atoms with E-state index in [1.807, 2.05) is 26.0 Å². The third-order valence-corrected chi connectivity index (χ3v) is 3.85. The average molecular weight is 308 g/mol. The predicted molar refractivity (Wildman–Crippen MR) is 84.5 cm³/mol. The summed E-state index contributed by atoms with van der Waals surface area (Å²) in [6.07, 6.45) is 0.368. The fourth-order valence-corrected chi connectivity index (χ4v) is 2.82. The number of methoxy groups -OCH3 is 1. The molecule has 0 bridgehead atoms. The van der Waals surface area contributed by atoms with Crippen molar-refractivity contribution in [2.75, 3.05) is 7.11 Å². The van der Waals surface area contributed by atoms with Gasteiger partial charge in [-0.15, -0.1) is 0 Å². The molecule has 0 saturated heterocycles. The lowest BCUT2D eigenvalue weighted by molar-refractivity contribution is 0.404. The summed E-state index contributed by atoms with van der Waals surface area (Å²) in [6, 6.07) is 8.60. The topological polar surface area (TPSA) is 35.2 Å². The van der Waals surface area contributed by atoms with Crippen molar-refractivity contribution in [2.45, 2.75) is 26.3 Å². The van der Waals surface area contributed by atoms with Crippen LogP contribution in [0.25, 0.3) is 0 Å². The van der Waals surface area contributed by atoms with Crippen molar-refractivity contribution in [3.63, 3.8) is 0 Å². The molecule has 0 fully saturated rings. The lowest BCUT2D eigenvalue weighted by Crippen LogP contribution is -2.17. The van der Waals surface area contributed by atoms with E-state index in [0.29, 0.717) is 12.0 Å². The highest BCUT2D eigenvalue weighted by Crippen LogP contribution is 2.31. The van der Waals surface area contributed by atoms with Crippen LogP contribution in [0.15, 0.2) is 30.3 Å². The molecule has 2 aromatic carbocycles. The van der Waals surface area contributed by atoms with Gasteiger partial charge in [0.1, 0.15) is 11.6 Å². The van der Waals surface area contributed by atoms with Gasteiger partial charge in [-0.25, -0.2) is 4.39 Å². The highest BCUT2D eigenvalue weighted by molar-refractivity contribution is 6.30. The second-order valence-electron chi connectivity index (χ2n) is 5.22. The molecule has 0 amide bonds. The largest absolute Gasteiger partial charge is 0.496 e. The first-order valence-corrected chi connectivity index (χ1v) is 7.15. The third kappa shape index (κ3) is 3.36. The van der Waals surface area contributed by atoms with Gasteiger partial charge in [-0.05, 0) is 49.1 Å². The first-order valence-electron chi connectivity index (χ1n) is 6.77. The van der Waals surface area contributed by atoms with Crippen molar-refractivity contribution >= 4 is 11.6 Å². The van der Waals surface area contributed by atoms with Gasteiger partial charge >= 0.3 is 0 Å². The number of benzene rings is 2. The molecule has 21 heavy (non-hydrogen) atoms. The summed E-state index contributed by atoms with van der Waals surface area (Å²) in [5, 5.41) is 0.118. The van der Waals surface area contributed by atoms with Crippen molar-refractivity contribution in [3.8, 4) is 5.75 Å². The van der Waals surface area contributed by atoms with Crippen LogP contribution in [0, 0.1) is 19.7 Å². The van der Waals surface area contributed by atoms with Crippen molar-refractivity contribution < 1.29 is 9.13 Å². The Morgan fingerprint density at radius 2 is 2.00 bits per heavy atom. The summed E-state index contributed by atoms with van der Waals surface area (Å²) < 4.78 is 19.4. The Morgan fingerprint density at radius 1 is 1.29 bits per heavy atom. The first-order chi connectivity index (χ1) is 9.93. The quantitative estimate of drug-likeness (QED) is 0.911. The maximum absolute atomic E-state index is 14.0. The molecule has 2 aromatic rings. The van der Waals surface area contributed by atoms with Gasteiger partial charge in [0.05, 0.1) is 12.1 Å². The zero-order valence-corrected chi connectivity index (χ0v) is 13.2. The van der Waals surface area contributed by atoms with E-state index in [1.54, 1.807) is 19.2 Å². The second-order valence-corrected chi connectivity index (χ2v) is 5.63. The zero-order valence-electron chi connectivity index (χ0n) is 12.4. The molecule has 2 rings (SSSR count). The Balaban J connectivity index is 2.37. The number of rotatable bonds is 4. The Bertz CT molecular complexity index is 657. The fourth-order valence-electron chi connectivity index (χ4n) is 2.63. The molecule has 1 atom stereocenters. The summed E-state index contributed by atoms with van der Waals surface area (Å²) >= 11 is 5.81. The summed E-state index contributed by atoms with van der Waals surface area (Å²) in [5.41, 5.74) is 9.85. The summed E-state index contributed by atoms with van der Waals surface area (Å²) in [4.78, 5) is 0. The van der Waals surface area contributed by atoms with E-state index in [-0.39, 0.29) is 11.1 Å². The summed E-state index contributed by atoms with van der Waals surface area (Å²) in [5.74, 6) is 0.334. The zero-order chi connectivity index (χ0) is 15.6. The van der Waals surface area contributed by atoms with Gasteiger partial charge in [0, 0.05) is 11.6 Å². The first kappa shape index (κ1) is 15.8. The molecule has 0 aromatic heterocycles. The molecular formula is C17H19ClFNO. The Morgan fingerprint density at radius 3 is 2.67 bits per heavy atom. The number of nitrogens with two attached hydrogens (primary N) is 1. The molecule has 0 aliphatic rings. The van der Waals surface area contributed by atoms with Crippen LogP contribution in [0.3, 0.4) is 0 Å². The number of ether oxygens (including phenoxy) is 1. The predicted octanol–water partition coefficient (Wildman–Crippen LogP) is 4.35. The lowest BCUT2D eigenvalue weighted by atomic mass is 9.93. The number of halogens is 2. The molecule has 1 unspecified atom stereocenters. The minimum Gasteiger partial charge on any atom is -0.496 e. The van der Waals surface area contributed by atoms with Gasteiger partial charge < -0.3 is 10.5 Å². The van der Waals surface area contributed by atoms with E-state index in [9.17, 15) is 4.39 Å². The van der Waals surface area contributed by atoms with E-state index in [1.165, 1.54) is 6.07 Å². The molecule has 0 aliphatic heterocycles. The molecule has 2 nitrogen and oxygen atoms in total. The smallest absolute Gasteiger partial charge is 0.145 e. The SMILES string of the molecule is COc1cc(C)cc(C)c1C(N)Cc1cccc(Cl)c1F. The van der Waals surface area contributed by atoms with Crippen LogP contribution >= 0.6 is 11.6 Å². The van der Waals surface area contributed by atoms with Crippen molar-refractivity contribution in [1.82, 2.24) is 0 Å². The van der Waals surface area contributed by atoms with Gasteiger partial charge in [-0.1, -0.05) is 29.8 Å². The second kappa shape index (κ2) is 6.46. The maximum Gasteiger partial charge on any atom is 0.145 e. The average Bonchev–Trinajstić information content (AvgIpc) is 2.42. The summed E-state index contributed by atoms with van der Waals surface area (Å²) in [6.45, 7) is 3.99. The highest BCUT2D eigenvalue weighted by Gasteiger charge is 2.18. The minimum atomic E-state index is -0.404. The van der Waals surface area contributed by atoms with Crippen molar-refractivity contribution in [2.24, 2.45) is 5.73 Å². The van der Waals surface area contributed by atoms with Crippen molar-refractivity contribution in [3.05, 3.63) is 63.4 Å². The molecule has 4 heteroatoms. The Hall–Kier alpha value is -1.58. The van der Waals surface area contributed by atoms with Crippen LogP contribution in [0.1, 0.15) is 28.3 Å². The number of hydrogen-bond acceptors (Lipinski definition) is 2. The third-order valence-electron chi connectivity index (χ3n) is 3.56. The van der Waals surface area contributed by atoms with Crippen LogP contribution in [0.5, 0.6) is 5.75 Å². The van der Waals surface area contributed by atoms with Gasteiger partial charge in [0.25, 0.3) is 0 Å². The monoisotopic (exact) mass is 307 g/mol. The Kier molecular flexibility index (Phi) is 4.86. The molecule has 112 valence electrons. The lowest BCUT2D eigenvalue weighted by Gasteiger charge is -2.19. The number of hydrogen-bond donors (Lipinski definition) is 1. The van der Waals surface area contributed by atoms with Crippen molar-refractivity contribution in [1.29, 1.82) is 0 Å². The van der Waals surface area contributed by atoms with E-state index in [2.05, 4.69) is 0 Å². The van der Waals surface area contributed by atoms with Crippen LogP contribution in [0.4, 0.5) is 4.39 Å². The van der Waals surface area contributed by atoms with Gasteiger partial charge in [-0.3, -0.25) is 0 Å². The maximum atomic E-state index is 14.0. The minimum absolute atomic E-state index is 0.118. The van der Waals surface area contributed by atoms with Crippen LogP contribution in [-0.4, -0.2) is 7.11 Å². The molecule has 0 saturated carbocycles. The van der Waals surface area contributed by atoms with E-state index in [4.69, 9.17) is 22.1 Å². The highest BCUT2D eigenvalue weighted by atomic mass is 35.5. The molecular weight excluding hydrogens is 289 g/mol. The standard InChI is InChI=1S/C17H19ClFNO/c1-10-7-11(2)16(15(8-10)21-3)14(20)9-12-5-4-6-13(18)17(12)19/h4-8,14H,9,20H2,1-3H3. The number of aryl methyl sites for hydroxylation is 2. The van der Waals surface area contributed by atoms with E-state index in [0.717, 1.165) is 22.4 Å². The van der Waals surface area contributed by atoms with Crippen LogP contribution < -0.4 is 10.5 Å². The van der Waals surface area contributed by atoms with Gasteiger partial charge in [-0.2, -0.15) is 0 Å². The molecule has 0 spiro atoms. The van der Waals surface area contributed by atoms with Crippen LogP contribution in [0.2, 0.25) is 5.02 Å².